The molecule has 0 bridgehead atoms. The first-order valence-corrected chi connectivity index (χ1v) is 5.68. The summed E-state index contributed by atoms with van der Waals surface area (Å²) < 4.78 is 9.62. The van der Waals surface area contributed by atoms with Gasteiger partial charge in [0.1, 0.15) is 0 Å². The first kappa shape index (κ1) is 12.9. The molecule has 0 unspecified atom stereocenters. The Morgan fingerprint density at radius 2 is 2.05 bits per heavy atom. The second kappa shape index (κ2) is 5.43. The highest BCUT2D eigenvalue weighted by molar-refractivity contribution is 6.40. The third-order valence-electron chi connectivity index (χ3n) is 2.45. The molecular weight excluding hydrogens is 248 g/mol. The zero-order chi connectivity index (χ0) is 13.8. The van der Waals surface area contributed by atoms with Gasteiger partial charge in [0.2, 0.25) is 5.88 Å². The Bertz CT molecular complexity index is 640. The minimum absolute atomic E-state index is 0.162. The number of aromatic nitrogens is 2. The molecule has 6 nitrogen and oxygen atoms in total. The molecule has 0 saturated carbocycles. The number of methoxy groups -OCH3 is 1. The van der Waals surface area contributed by atoms with Gasteiger partial charge < -0.3 is 9.47 Å². The van der Waals surface area contributed by atoms with Gasteiger partial charge in [-0.05, 0) is 25.1 Å². The van der Waals surface area contributed by atoms with Gasteiger partial charge in [0, 0.05) is 5.56 Å². The number of Topliss-reactive ketones (excluding diaryl/α,β-unsaturated/α-hetero) is 1. The van der Waals surface area contributed by atoms with E-state index in [-0.39, 0.29) is 12.2 Å². The van der Waals surface area contributed by atoms with Crippen molar-refractivity contribution in [2.45, 2.75) is 6.92 Å². The number of hydrogen-bond donors (Lipinski definition) is 0. The average molecular weight is 260 g/mol. The summed E-state index contributed by atoms with van der Waals surface area (Å²) in [5.41, 5.74) is 1.32. The SMILES string of the molecule is CCOC(=O)C(=O)c1ccc2nc(OC)cnc2c1. The van der Waals surface area contributed by atoms with Crippen LogP contribution in [0.25, 0.3) is 11.0 Å². The topological polar surface area (TPSA) is 78.4 Å². The largest absolute Gasteiger partial charge is 0.480 e. The van der Waals surface area contributed by atoms with Crippen LogP contribution in [-0.4, -0.2) is 35.4 Å². The molecule has 98 valence electrons. The number of benzene rings is 1. The van der Waals surface area contributed by atoms with Gasteiger partial charge in [0.25, 0.3) is 5.78 Å². The van der Waals surface area contributed by atoms with Crippen molar-refractivity contribution >= 4 is 22.8 Å². The summed E-state index contributed by atoms with van der Waals surface area (Å²) in [5, 5.41) is 0. The summed E-state index contributed by atoms with van der Waals surface area (Å²) in [6, 6.07) is 4.62. The Kier molecular flexibility index (Phi) is 3.70. The second-order valence-corrected chi connectivity index (χ2v) is 3.67. The van der Waals surface area contributed by atoms with E-state index in [0.29, 0.717) is 16.9 Å². The maximum Gasteiger partial charge on any atom is 0.379 e. The van der Waals surface area contributed by atoms with Crippen LogP contribution in [0.5, 0.6) is 5.88 Å². The highest BCUT2D eigenvalue weighted by Gasteiger charge is 2.18. The maximum absolute atomic E-state index is 11.8. The molecule has 0 amide bonds. The minimum Gasteiger partial charge on any atom is -0.480 e. The van der Waals surface area contributed by atoms with Gasteiger partial charge in [0.15, 0.2) is 0 Å². The van der Waals surface area contributed by atoms with Gasteiger partial charge in [-0.3, -0.25) is 4.79 Å². The van der Waals surface area contributed by atoms with Crippen molar-refractivity contribution in [3.63, 3.8) is 0 Å². The van der Waals surface area contributed by atoms with E-state index in [9.17, 15) is 9.59 Å². The predicted octanol–water partition coefficient (Wildman–Crippen LogP) is 1.38. The Labute approximate surface area is 109 Å². The molecule has 0 spiro atoms. The lowest BCUT2D eigenvalue weighted by molar-refractivity contribution is -0.137. The fraction of sp³-hybridized carbons (Fsp3) is 0.231. The van der Waals surface area contributed by atoms with Crippen LogP contribution >= 0.6 is 0 Å². The summed E-state index contributed by atoms with van der Waals surface area (Å²) in [6.07, 6.45) is 1.45. The summed E-state index contributed by atoms with van der Waals surface area (Å²) in [6.45, 7) is 1.80. The quantitative estimate of drug-likeness (QED) is 0.469. The summed E-state index contributed by atoms with van der Waals surface area (Å²) >= 11 is 0. The number of esters is 1. The van der Waals surface area contributed by atoms with Crippen molar-refractivity contribution in [1.29, 1.82) is 0 Å². The van der Waals surface area contributed by atoms with Gasteiger partial charge >= 0.3 is 5.97 Å². The molecule has 1 aromatic carbocycles. The Balaban J connectivity index is 2.36. The molecule has 19 heavy (non-hydrogen) atoms. The molecule has 6 heteroatoms. The molecular formula is C13H12N2O4. The van der Waals surface area contributed by atoms with Gasteiger partial charge in [-0.25, -0.2) is 14.8 Å². The molecule has 0 aliphatic heterocycles. The molecule has 0 fully saturated rings. The monoisotopic (exact) mass is 260 g/mol. The van der Waals surface area contributed by atoms with Crippen LogP contribution in [0, 0.1) is 0 Å². The maximum atomic E-state index is 11.8. The number of ether oxygens (including phenoxy) is 2. The molecule has 2 aromatic rings. The smallest absolute Gasteiger partial charge is 0.379 e. The third kappa shape index (κ3) is 2.67. The van der Waals surface area contributed by atoms with E-state index < -0.39 is 11.8 Å². The van der Waals surface area contributed by atoms with E-state index in [2.05, 4.69) is 14.7 Å². The van der Waals surface area contributed by atoms with Crippen molar-refractivity contribution in [1.82, 2.24) is 9.97 Å². The number of ketones is 1. The lowest BCUT2D eigenvalue weighted by Crippen LogP contribution is -2.17. The van der Waals surface area contributed by atoms with E-state index in [1.165, 1.54) is 25.4 Å². The predicted molar refractivity (Wildman–Crippen MR) is 67.1 cm³/mol. The number of rotatable bonds is 4. The molecule has 1 heterocycles. The summed E-state index contributed by atoms with van der Waals surface area (Å²) in [4.78, 5) is 31.4. The van der Waals surface area contributed by atoms with E-state index in [0.717, 1.165) is 0 Å². The van der Waals surface area contributed by atoms with Crippen LogP contribution in [0.2, 0.25) is 0 Å². The Hall–Kier alpha value is -2.50. The highest BCUT2D eigenvalue weighted by Crippen LogP contribution is 2.15. The van der Waals surface area contributed by atoms with Crippen molar-refractivity contribution in [2.24, 2.45) is 0 Å². The van der Waals surface area contributed by atoms with E-state index >= 15 is 0 Å². The fourth-order valence-corrected chi connectivity index (χ4v) is 1.55. The normalized spacial score (nSPS) is 10.2. The van der Waals surface area contributed by atoms with Gasteiger partial charge in [-0.2, -0.15) is 0 Å². The summed E-state index contributed by atoms with van der Waals surface area (Å²) in [5.74, 6) is -1.18. The van der Waals surface area contributed by atoms with Gasteiger partial charge in [-0.1, -0.05) is 0 Å². The van der Waals surface area contributed by atoms with Crippen LogP contribution in [0.1, 0.15) is 17.3 Å². The zero-order valence-electron chi connectivity index (χ0n) is 10.5. The first-order chi connectivity index (χ1) is 9.15. The number of fused-ring (bicyclic) bond motifs is 1. The van der Waals surface area contributed by atoms with E-state index in [4.69, 9.17) is 4.74 Å². The molecule has 1 aromatic heterocycles. The lowest BCUT2D eigenvalue weighted by Gasteiger charge is -2.03. The molecule has 0 aliphatic rings. The van der Waals surface area contributed by atoms with E-state index in [1.54, 1.807) is 13.0 Å². The average Bonchev–Trinajstić information content (AvgIpc) is 2.45. The fourth-order valence-electron chi connectivity index (χ4n) is 1.55. The van der Waals surface area contributed by atoms with Crippen LogP contribution < -0.4 is 4.74 Å². The van der Waals surface area contributed by atoms with Crippen molar-refractivity contribution in [3.8, 4) is 5.88 Å². The highest BCUT2D eigenvalue weighted by atomic mass is 16.5. The molecule has 0 radical (unpaired) electrons. The van der Waals surface area contributed by atoms with Crippen molar-refractivity contribution in [2.75, 3.05) is 13.7 Å². The van der Waals surface area contributed by atoms with Gasteiger partial charge in [-0.15, -0.1) is 0 Å². The van der Waals surface area contributed by atoms with Crippen LogP contribution in [0.4, 0.5) is 0 Å². The second-order valence-electron chi connectivity index (χ2n) is 3.67. The Morgan fingerprint density at radius 3 is 2.74 bits per heavy atom. The van der Waals surface area contributed by atoms with Crippen molar-refractivity contribution in [3.05, 3.63) is 30.0 Å². The lowest BCUT2D eigenvalue weighted by atomic mass is 10.1. The number of carbonyl (C=O) groups excluding carboxylic acids is 2. The zero-order valence-corrected chi connectivity index (χ0v) is 10.5. The van der Waals surface area contributed by atoms with E-state index in [1.807, 2.05) is 0 Å². The molecule has 0 aliphatic carbocycles. The standard InChI is InChI=1S/C13H12N2O4/c1-3-19-13(17)12(16)8-4-5-9-10(6-8)14-7-11(15-9)18-2/h4-7H,3H2,1-2H3. The first-order valence-electron chi connectivity index (χ1n) is 5.68. The third-order valence-corrected chi connectivity index (χ3v) is 2.45. The molecule has 0 saturated heterocycles. The number of nitrogens with zero attached hydrogens (tertiary/aromatic N) is 2. The number of hydrogen-bond acceptors (Lipinski definition) is 6. The molecule has 2 rings (SSSR count). The van der Waals surface area contributed by atoms with Gasteiger partial charge in [0.05, 0.1) is 30.9 Å². The Morgan fingerprint density at radius 1 is 1.26 bits per heavy atom. The molecule has 0 N–H and O–H groups in total. The van der Waals surface area contributed by atoms with Crippen LogP contribution in [0.3, 0.4) is 0 Å². The van der Waals surface area contributed by atoms with Crippen LogP contribution in [0.15, 0.2) is 24.4 Å². The number of carbonyl (C=O) groups is 2. The van der Waals surface area contributed by atoms with Crippen LogP contribution in [-0.2, 0) is 9.53 Å². The van der Waals surface area contributed by atoms with Crippen molar-refractivity contribution < 1.29 is 19.1 Å². The molecule has 0 atom stereocenters. The minimum atomic E-state index is -0.872. The summed E-state index contributed by atoms with van der Waals surface area (Å²) in [7, 11) is 1.49.